The topological polar surface area (TPSA) is 54.3 Å². The highest BCUT2D eigenvalue weighted by atomic mass is 35.5. The number of carbonyl (C=O) groups is 1. The number of nitrogens with zero attached hydrogens (tertiary/aromatic N) is 3. The number of amidine groups is 1. The summed E-state index contributed by atoms with van der Waals surface area (Å²) in [4.78, 5) is 25.6. The minimum atomic E-state index is -1.24. The van der Waals surface area contributed by atoms with Gasteiger partial charge in [-0.05, 0) is 24.3 Å². The van der Waals surface area contributed by atoms with Gasteiger partial charge in [0.05, 0.1) is 16.6 Å². The molecule has 5 rings (SSSR count). The van der Waals surface area contributed by atoms with Crippen molar-refractivity contribution >= 4 is 75.0 Å². The Labute approximate surface area is 190 Å². The average molecular weight is 487 g/mol. The van der Waals surface area contributed by atoms with E-state index in [1.54, 1.807) is 41.3 Å². The SMILES string of the molecule is O=C1N2CCN=C2SC12C(c1c(Cl)cccc1Cl)=NOC2c1ccc(Cl)cc1Cl. The highest BCUT2D eigenvalue weighted by molar-refractivity contribution is 8.17. The Morgan fingerprint density at radius 2 is 1.86 bits per heavy atom. The minimum absolute atomic E-state index is 0.179. The molecule has 3 aliphatic rings. The van der Waals surface area contributed by atoms with Crippen LogP contribution in [0, 0.1) is 0 Å². The first-order valence-electron chi connectivity index (χ1n) is 8.62. The van der Waals surface area contributed by atoms with Crippen LogP contribution in [-0.4, -0.2) is 39.5 Å². The Morgan fingerprint density at radius 1 is 1.10 bits per heavy atom. The fourth-order valence-corrected chi connectivity index (χ4v) is 6.25. The third-order valence-electron chi connectivity index (χ3n) is 5.03. The normalized spacial score (nSPS) is 25.3. The quantitative estimate of drug-likeness (QED) is 0.566. The number of thioether (sulfide) groups is 1. The number of oxime groups is 1. The summed E-state index contributed by atoms with van der Waals surface area (Å²) in [7, 11) is 0. The molecule has 0 N–H and O–H groups in total. The number of amides is 1. The van der Waals surface area contributed by atoms with Crippen LogP contribution < -0.4 is 0 Å². The predicted octanol–water partition coefficient (Wildman–Crippen LogP) is 5.46. The van der Waals surface area contributed by atoms with Crippen LogP contribution in [0.15, 0.2) is 46.5 Å². The summed E-state index contributed by atoms with van der Waals surface area (Å²) in [6.07, 6.45) is -0.791. The van der Waals surface area contributed by atoms with Crippen LogP contribution in [0.3, 0.4) is 0 Å². The second-order valence-corrected chi connectivity index (χ2v) is 9.52. The van der Waals surface area contributed by atoms with Gasteiger partial charge in [-0.2, -0.15) is 0 Å². The summed E-state index contributed by atoms with van der Waals surface area (Å²) in [5, 5.41) is 6.55. The van der Waals surface area contributed by atoms with Gasteiger partial charge in [0, 0.05) is 27.7 Å². The number of halogens is 4. The van der Waals surface area contributed by atoms with Gasteiger partial charge in [-0.25, -0.2) is 0 Å². The molecule has 0 bridgehead atoms. The molecular formula is C19H11Cl4N3O2S. The Hall–Kier alpha value is -1.44. The van der Waals surface area contributed by atoms with Gasteiger partial charge >= 0.3 is 0 Å². The Bertz CT molecular complexity index is 1100. The lowest BCUT2D eigenvalue weighted by atomic mass is 9.86. The molecule has 0 aromatic heterocycles. The number of carbonyl (C=O) groups excluding carboxylic acids is 1. The Morgan fingerprint density at radius 3 is 2.55 bits per heavy atom. The first kappa shape index (κ1) is 19.5. The number of hydrogen-bond donors (Lipinski definition) is 0. The molecule has 1 spiro atoms. The van der Waals surface area contributed by atoms with E-state index in [2.05, 4.69) is 10.1 Å². The van der Waals surface area contributed by atoms with Crippen LogP contribution >= 0.6 is 58.2 Å². The smallest absolute Gasteiger partial charge is 0.255 e. The maximum absolute atomic E-state index is 13.7. The number of benzene rings is 2. The second-order valence-electron chi connectivity index (χ2n) is 6.65. The molecule has 0 radical (unpaired) electrons. The van der Waals surface area contributed by atoms with Gasteiger partial charge in [0.1, 0.15) is 5.71 Å². The molecule has 3 aliphatic heterocycles. The molecule has 2 atom stereocenters. The van der Waals surface area contributed by atoms with Crippen molar-refractivity contribution in [1.82, 2.24) is 4.90 Å². The summed E-state index contributed by atoms with van der Waals surface area (Å²) in [5.74, 6) is -0.179. The molecule has 1 fully saturated rings. The molecule has 3 heterocycles. The summed E-state index contributed by atoms with van der Waals surface area (Å²) in [6.45, 7) is 1.07. The van der Waals surface area contributed by atoms with E-state index in [0.29, 0.717) is 55.2 Å². The summed E-state index contributed by atoms with van der Waals surface area (Å²) < 4.78 is -1.24. The molecule has 148 valence electrons. The van der Waals surface area contributed by atoms with E-state index in [1.165, 1.54) is 11.8 Å². The highest BCUT2D eigenvalue weighted by Crippen LogP contribution is 2.55. The maximum atomic E-state index is 13.7. The van der Waals surface area contributed by atoms with Crippen molar-refractivity contribution < 1.29 is 9.63 Å². The van der Waals surface area contributed by atoms with E-state index >= 15 is 0 Å². The first-order chi connectivity index (χ1) is 13.9. The largest absolute Gasteiger partial charge is 0.385 e. The fraction of sp³-hybridized carbons (Fsp3) is 0.211. The van der Waals surface area contributed by atoms with E-state index in [1.807, 2.05) is 0 Å². The molecule has 29 heavy (non-hydrogen) atoms. The second kappa shape index (κ2) is 7.06. The van der Waals surface area contributed by atoms with E-state index < -0.39 is 10.9 Å². The predicted molar refractivity (Wildman–Crippen MR) is 118 cm³/mol. The Kier molecular flexibility index (Phi) is 4.76. The van der Waals surface area contributed by atoms with Crippen molar-refractivity contribution in [1.29, 1.82) is 0 Å². The third kappa shape index (κ3) is 2.81. The fourth-order valence-electron chi connectivity index (χ4n) is 3.72. The zero-order chi connectivity index (χ0) is 20.3. The lowest BCUT2D eigenvalue weighted by Crippen LogP contribution is -2.48. The summed E-state index contributed by atoms with van der Waals surface area (Å²) >= 11 is 26.7. The van der Waals surface area contributed by atoms with Gasteiger partial charge in [-0.1, -0.05) is 75.5 Å². The van der Waals surface area contributed by atoms with Crippen molar-refractivity contribution in [2.24, 2.45) is 10.1 Å². The molecule has 5 nitrogen and oxygen atoms in total. The number of rotatable bonds is 2. The van der Waals surface area contributed by atoms with E-state index in [9.17, 15) is 4.79 Å². The molecule has 1 saturated heterocycles. The molecule has 0 saturated carbocycles. The van der Waals surface area contributed by atoms with Crippen molar-refractivity contribution in [2.45, 2.75) is 10.9 Å². The van der Waals surface area contributed by atoms with Crippen LogP contribution in [0.5, 0.6) is 0 Å². The van der Waals surface area contributed by atoms with Gasteiger partial charge in [0.15, 0.2) is 16.0 Å². The molecule has 2 aromatic rings. The monoisotopic (exact) mass is 485 g/mol. The lowest BCUT2D eigenvalue weighted by molar-refractivity contribution is -0.129. The van der Waals surface area contributed by atoms with Crippen LogP contribution in [0.4, 0.5) is 0 Å². The average Bonchev–Trinajstić information content (AvgIpc) is 3.34. The van der Waals surface area contributed by atoms with E-state index in [0.717, 1.165) is 0 Å². The minimum Gasteiger partial charge on any atom is -0.385 e. The molecule has 2 aromatic carbocycles. The van der Waals surface area contributed by atoms with Gasteiger partial charge in [-0.3, -0.25) is 14.7 Å². The lowest BCUT2D eigenvalue weighted by Gasteiger charge is -2.28. The standard InChI is InChI=1S/C19H11Cl4N3O2S/c20-9-4-5-10(13(23)8-9)16-19(17(27)26-7-6-24-18(26)29-19)15(25-28-16)14-11(21)2-1-3-12(14)22/h1-5,8,16H,6-7H2. The van der Waals surface area contributed by atoms with Crippen LogP contribution in [0.1, 0.15) is 17.2 Å². The van der Waals surface area contributed by atoms with E-state index in [4.69, 9.17) is 51.2 Å². The molecule has 10 heteroatoms. The van der Waals surface area contributed by atoms with Gasteiger partial charge in [-0.15, -0.1) is 0 Å². The zero-order valence-corrected chi connectivity index (χ0v) is 18.4. The third-order valence-corrected chi connectivity index (χ3v) is 7.66. The zero-order valence-electron chi connectivity index (χ0n) is 14.5. The molecule has 2 unspecified atom stereocenters. The van der Waals surface area contributed by atoms with Crippen LogP contribution in [-0.2, 0) is 9.63 Å². The summed E-state index contributed by atoms with van der Waals surface area (Å²) in [6, 6.07) is 10.2. The van der Waals surface area contributed by atoms with Crippen molar-refractivity contribution in [3.05, 3.63) is 67.6 Å². The maximum Gasteiger partial charge on any atom is 0.255 e. The molecule has 1 amide bonds. The van der Waals surface area contributed by atoms with Gasteiger partial charge in [0.25, 0.3) is 5.91 Å². The van der Waals surface area contributed by atoms with Gasteiger partial charge < -0.3 is 4.84 Å². The number of fused-ring (bicyclic) bond motifs is 1. The van der Waals surface area contributed by atoms with Crippen molar-refractivity contribution in [2.75, 3.05) is 13.1 Å². The summed E-state index contributed by atoms with van der Waals surface area (Å²) in [5.41, 5.74) is 1.42. The highest BCUT2D eigenvalue weighted by Gasteiger charge is 2.66. The van der Waals surface area contributed by atoms with E-state index in [-0.39, 0.29) is 5.91 Å². The number of hydrogen-bond acceptors (Lipinski definition) is 5. The molecule has 0 aliphatic carbocycles. The number of aliphatic imine (C=N–C) groups is 1. The van der Waals surface area contributed by atoms with Crippen molar-refractivity contribution in [3.63, 3.8) is 0 Å². The Balaban J connectivity index is 1.72. The first-order valence-corrected chi connectivity index (χ1v) is 11.0. The van der Waals surface area contributed by atoms with Gasteiger partial charge in [0.2, 0.25) is 0 Å². The van der Waals surface area contributed by atoms with Crippen LogP contribution in [0.25, 0.3) is 0 Å². The van der Waals surface area contributed by atoms with Crippen molar-refractivity contribution in [3.8, 4) is 0 Å². The van der Waals surface area contributed by atoms with Crippen LogP contribution in [0.2, 0.25) is 20.1 Å². The molecular weight excluding hydrogens is 476 g/mol.